The molecule has 78 valence electrons. The first kappa shape index (κ1) is 13.6. The fourth-order valence-corrected chi connectivity index (χ4v) is 1.42. The number of imidazole rings is 1. The van der Waals surface area contributed by atoms with Crippen molar-refractivity contribution in [2.75, 3.05) is 0 Å². The molecule has 0 unspecified atom stereocenters. The van der Waals surface area contributed by atoms with Crippen LogP contribution in [0.15, 0.2) is 17.2 Å². The summed E-state index contributed by atoms with van der Waals surface area (Å²) in [7, 11) is 0. The molecule has 0 atom stereocenters. The van der Waals surface area contributed by atoms with Gasteiger partial charge in [-0.05, 0) is 19.3 Å². The topological polar surface area (TPSA) is 26.9 Å². The van der Waals surface area contributed by atoms with Crippen molar-refractivity contribution in [1.82, 2.24) is 9.13 Å². The van der Waals surface area contributed by atoms with E-state index in [-0.39, 0.29) is 57.4 Å². The molecule has 2 rings (SSSR count). The second-order valence-corrected chi connectivity index (χ2v) is 3.58. The molecule has 1 saturated carbocycles. The van der Waals surface area contributed by atoms with E-state index in [1.54, 1.807) is 0 Å². The fourth-order valence-electron chi connectivity index (χ4n) is 1.42. The van der Waals surface area contributed by atoms with Gasteiger partial charge >= 0.3 is 64.1 Å². The number of nitrogens with zero attached hydrogens (tertiary/aromatic N) is 2. The van der Waals surface area contributed by atoms with Crippen LogP contribution >= 0.6 is 0 Å². The Bertz CT molecular complexity index is 396. The van der Waals surface area contributed by atoms with E-state index in [0.717, 1.165) is 17.4 Å². The summed E-state index contributed by atoms with van der Waals surface area (Å²) in [6, 6.07) is 0.129. The Balaban J connectivity index is 0.00000112. The summed E-state index contributed by atoms with van der Waals surface area (Å²) < 4.78 is 38.2. The SMILES string of the molecule is O=c1n(C[B-](F)(F)F)ccn1C1CC1.[K+]. The zero-order valence-electron chi connectivity index (χ0n) is 8.37. The smallest absolute Gasteiger partial charge is 0.448 e. The predicted molar refractivity (Wildman–Crippen MR) is 46.0 cm³/mol. The third-order valence-electron chi connectivity index (χ3n) is 2.22. The van der Waals surface area contributed by atoms with E-state index in [1.807, 2.05) is 0 Å². The van der Waals surface area contributed by atoms with Gasteiger partial charge in [0.25, 0.3) is 0 Å². The van der Waals surface area contributed by atoms with E-state index in [0.29, 0.717) is 0 Å². The molecule has 1 aliphatic rings. The van der Waals surface area contributed by atoms with Crippen LogP contribution in [-0.4, -0.2) is 16.1 Å². The Morgan fingerprint density at radius 3 is 2.40 bits per heavy atom. The zero-order chi connectivity index (χ0) is 10.3. The molecule has 0 spiro atoms. The Morgan fingerprint density at radius 1 is 1.33 bits per heavy atom. The maximum absolute atomic E-state index is 12.0. The predicted octanol–water partition coefficient (Wildman–Crippen LogP) is -1.62. The van der Waals surface area contributed by atoms with Crippen molar-refractivity contribution in [3.05, 3.63) is 22.9 Å². The maximum atomic E-state index is 12.0. The average Bonchev–Trinajstić information content (AvgIpc) is 2.79. The van der Waals surface area contributed by atoms with Gasteiger partial charge in [-0.3, -0.25) is 4.57 Å². The summed E-state index contributed by atoms with van der Waals surface area (Å²) in [6.07, 6.45) is 3.28. The molecule has 8 heteroatoms. The normalized spacial score (nSPS) is 16.2. The molecule has 0 aromatic carbocycles. The number of aromatic nitrogens is 2. The van der Waals surface area contributed by atoms with Gasteiger partial charge in [0.15, 0.2) is 0 Å². The van der Waals surface area contributed by atoms with Gasteiger partial charge in [-0.1, -0.05) is 0 Å². The van der Waals surface area contributed by atoms with E-state index in [1.165, 1.54) is 17.0 Å². The van der Waals surface area contributed by atoms with Gasteiger partial charge < -0.3 is 17.5 Å². The first-order chi connectivity index (χ1) is 6.47. The van der Waals surface area contributed by atoms with E-state index in [4.69, 9.17) is 0 Å². The van der Waals surface area contributed by atoms with Crippen LogP contribution in [0, 0.1) is 0 Å². The molecule has 1 aromatic heterocycles. The first-order valence-electron chi connectivity index (χ1n) is 4.45. The van der Waals surface area contributed by atoms with Crippen LogP contribution in [0.5, 0.6) is 0 Å². The standard InChI is InChI=1S/C7H9BF3N2O.K/c9-8(10,11)5-12-3-4-13(7(12)14)6-1-2-6;/h3-4,6H,1-2,5H2;/q-1;+1. The van der Waals surface area contributed by atoms with Gasteiger partial charge in [-0.2, -0.15) is 0 Å². The number of rotatable bonds is 3. The summed E-state index contributed by atoms with van der Waals surface area (Å²) in [5.41, 5.74) is -0.549. The molecule has 0 amide bonds. The van der Waals surface area contributed by atoms with Crippen LogP contribution in [0.25, 0.3) is 0 Å². The molecule has 1 heterocycles. The monoisotopic (exact) mass is 244 g/mol. The fraction of sp³-hybridized carbons (Fsp3) is 0.571. The van der Waals surface area contributed by atoms with E-state index >= 15 is 0 Å². The maximum Gasteiger partial charge on any atom is 1.00 e. The third kappa shape index (κ3) is 3.48. The number of hydrogen-bond acceptors (Lipinski definition) is 1. The number of hydrogen-bond donors (Lipinski definition) is 0. The average molecular weight is 244 g/mol. The van der Waals surface area contributed by atoms with Gasteiger partial charge in [-0.25, -0.2) is 4.79 Å². The Hall–Kier alpha value is 0.501. The molecule has 15 heavy (non-hydrogen) atoms. The van der Waals surface area contributed by atoms with E-state index < -0.39 is 19.1 Å². The largest absolute Gasteiger partial charge is 1.00 e. The summed E-state index contributed by atoms with van der Waals surface area (Å²) in [5.74, 6) is 0. The summed E-state index contributed by atoms with van der Waals surface area (Å²) in [4.78, 5) is 11.4. The Labute approximate surface area is 127 Å². The van der Waals surface area contributed by atoms with Crippen LogP contribution < -0.4 is 57.1 Å². The summed E-state index contributed by atoms with van der Waals surface area (Å²) in [5, 5.41) is 0. The third-order valence-corrected chi connectivity index (χ3v) is 2.22. The molecule has 3 nitrogen and oxygen atoms in total. The van der Waals surface area contributed by atoms with Gasteiger partial charge in [0.2, 0.25) is 0 Å². The molecule has 0 bridgehead atoms. The molecule has 0 aliphatic heterocycles. The van der Waals surface area contributed by atoms with Crippen molar-refractivity contribution in [3.8, 4) is 0 Å². The van der Waals surface area contributed by atoms with Gasteiger partial charge in [0.05, 0.1) is 0 Å². The molecule has 1 fully saturated rings. The molecular formula is C7H9BF3KN2O. The van der Waals surface area contributed by atoms with Crippen molar-refractivity contribution < 1.29 is 64.3 Å². The van der Waals surface area contributed by atoms with Crippen molar-refractivity contribution in [3.63, 3.8) is 0 Å². The minimum atomic E-state index is -4.94. The van der Waals surface area contributed by atoms with Crippen molar-refractivity contribution >= 4 is 6.98 Å². The zero-order valence-corrected chi connectivity index (χ0v) is 11.5. The number of halogens is 3. The second-order valence-electron chi connectivity index (χ2n) is 3.58. The van der Waals surface area contributed by atoms with Gasteiger partial charge in [-0.15, -0.1) is 0 Å². The van der Waals surface area contributed by atoms with E-state index in [9.17, 15) is 17.7 Å². The van der Waals surface area contributed by atoms with E-state index in [2.05, 4.69) is 0 Å². The molecule has 1 aromatic rings. The first-order valence-corrected chi connectivity index (χ1v) is 4.45. The Morgan fingerprint density at radius 2 is 1.93 bits per heavy atom. The van der Waals surface area contributed by atoms with Crippen LogP contribution in [0.1, 0.15) is 18.9 Å². The van der Waals surface area contributed by atoms with Crippen LogP contribution in [-0.2, 0) is 6.44 Å². The van der Waals surface area contributed by atoms with Gasteiger partial charge in [0, 0.05) is 18.4 Å². The minimum absolute atomic E-state index is 0. The van der Waals surface area contributed by atoms with Crippen LogP contribution in [0.4, 0.5) is 12.9 Å². The van der Waals surface area contributed by atoms with Crippen molar-refractivity contribution in [1.29, 1.82) is 0 Å². The van der Waals surface area contributed by atoms with Crippen LogP contribution in [0.2, 0.25) is 0 Å². The Kier molecular flexibility index (Phi) is 4.33. The molecular weight excluding hydrogens is 235 g/mol. The molecule has 0 saturated heterocycles. The summed E-state index contributed by atoms with van der Waals surface area (Å²) in [6.45, 7) is -4.94. The molecule has 1 aliphatic carbocycles. The second kappa shape index (κ2) is 4.79. The van der Waals surface area contributed by atoms with Crippen molar-refractivity contribution in [2.45, 2.75) is 25.3 Å². The van der Waals surface area contributed by atoms with Crippen molar-refractivity contribution in [2.24, 2.45) is 0 Å². The minimum Gasteiger partial charge on any atom is -0.448 e. The summed E-state index contributed by atoms with van der Waals surface area (Å²) >= 11 is 0. The molecule has 0 N–H and O–H groups in total. The molecule has 0 radical (unpaired) electrons. The van der Waals surface area contributed by atoms with Crippen LogP contribution in [0.3, 0.4) is 0 Å². The van der Waals surface area contributed by atoms with Gasteiger partial charge in [0.1, 0.15) is 0 Å². The quantitative estimate of drug-likeness (QED) is 0.587.